The molecule has 0 saturated carbocycles. The highest BCUT2D eigenvalue weighted by molar-refractivity contribution is 8.13. The summed E-state index contributed by atoms with van der Waals surface area (Å²) in [7, 11) is 0. The van der Waals surface area contributed by atoms with Crippen LogP contribution >= 0.6 is 11.8 Å². The molecule has 0 saturated heterocycles. The molecule has 0 aliphatic rings. The van der Waals surface area contributed by atoms with Crippen LogP contribution in [-0.4, -0.2) is 51.0 Å². The van der Waals surface area contributed by atoms with Gasteiger partial charge in [-0.1, -0.05) is 18.7 Å². The third kappa shape index (κ3) is 7.74. The maximum atomic E-state index is 11.5. The van der Waals surface area contributed by atoms with Gasteiger partial charge in [0.05, 0.1) is 0 Å². The van der Waals surface area contributed by atoms with Crippen molar-refractivity contribution in [2.45, 2.75) is 38.3 Å². The van der Waals surface area contributed by atoms with Crippen molar-refractivity contribution in [3.05, 3.63) is 0 Å². The Bertz CT molecular complexity index is 387. The molecule has 0 rings (SSSR count). The van der Waals surface area contributed by atoms with Crippen LogP contribution in [0.25, 0.3) is 0 Å². The minimum Gasteiger partial charge on any atom is -0.480 e. The van der Waals surface area contributed by atoms with Crippen molar-refractivity contribution in [2.24, 2.45) is 5.73 Å². The molecule has 9 heteroatoms. The Labute approximate surface area is 120 Å². The Balaban J connectivity index is 4.24. The van der Waals surface area contributed by atoms with Crippen molar-refractivity contribution in [1.29, 1.82) is 0 Å². The molecule has 1 amide bonds. The molecule has 0 aromatic rings. The van der Waals surface area contributed by atoms with E-state index in [1.165, 1.54) is 0 Å². The number of amides is 1. The number of aliphatic carboxylic acids is 2. The summed E-state index contributed by atoms with van der Waals surface area (Å²) in [5.74, 6) is -3.16. The van der Waals surface area contributed by atoms with Crippen LogP contribution in [0.2, 0.25) is 0 Å². The Morgan fingerprint density at radius 2 is 1.80 bits per heavy atom. The standard InChI is InChI=1S/C11H18N2O6S/c1-2-9(15)20-5-7(11(18)19)13-8(14)4-3-6(12)10(16)17/h6-7H,2-5,12H2,1H3,(H,13,14)(H,16,17)(H,18,19)/t6-,7-/m0/s1. The lowest BCUT2D eigenvalue weighted by Gasteiger charge is -2.14. The van der Waals surface area contributed by atoms with E-state index in [0.717, 1.165) is 11.8 Å². The number of nitrogens with two attached hydrogens (primary N) is 1. The molecule has 0 fully saturated rings. The number of carbonyl (C=O) groups excluding carboxylic acids is 2. The van der Waals surface area contributed by atoms with Gasteiger partial charge in [0.15, 0.2) is 5.12 Å². The second kappa shape index (κ2) is 9.32. The maximum absolute atomic E-state index is 11.5. The number of carboxylic acid groups (broad SMARTS) is 2. The lowest BCUT2D eigenvalue weighted by atomic mass is 10.1. The number of carbonyl (C=O) groups is 4. The molecule has 0 aromatic carbocycles. The van der Waals surface area contributed by atoms with Gasteiger partial charge in [-0.15, -0.1) is 0 Å². The summed E-state index contributed by atoms with van der Waals surface area (Å²) in [6.07, 6.45) is -0.00338. The molecule has 0 spiro atoms. The highest BCUT2D eigenvalue weighted by atomic mass is 32.2. The summed E-state index contributed by atoms with van der Waals surface area (Å²) in [6.45, 7) is 1.65. The zero-order valence-electron chi connectivity index (χ0n) is 11.0. The van der Waals surface area contributed by atoms with E-state index in [0.29, 0.717) is 0 Å². The molecule has 0 bridgehead atoms. The predicted molar refractivity (Wildman–Crippen MR) is 72.2 cm³/mol. The normalized spacial score (nSPS) is 13.3. The minimum atomic E-state index is -1.25. The van der Waals surface area contributed by atoms with E-state index in [-0.39, 0.29) is 30.1 Å². The first-order chi connectivity index (χ1) is 9.27. The number of rotatable bonds is 9. The lowest BCUT2D eigenvalue weighted by molar-refractivity contribution is -0.141. The molecule has 0 aliphatic carbocycles. The zero-order chi connectivity index (χ0) is 15.7. The van der Waals surface area contributed by atoms with Gasteiger partial charge in [-0.05, 0) is 6.42 Å². The van der Waals surface area contributed by atoms with E-state index >= 15 is 0 Å². The van der Waals surface area contributed by atoms with Crippen LogP contribution in [0.5, 0.6) is 0 Å². The average molecular weight is 306 g/mol. The largest absolute Gasteiger partial charge is 0.480 e. The zero-order valence-corrected chi connectivity index (χ0v) is 11.8. The molecular formula is C11H18N2O6S. The maximum Gasteiger partial charge on any atom is 0.327 e. The highest BCUT2D eigenvalue weighted by Gasteiger charge is 2.22. The van der Waals surface area contributed by atoms with Gasteiger partial charge in [-0.25, -0.2) is 4.79 Å². The Morgan fingerprint density at radius 1 is 1.20 bits per heavy atom. The number of thioether (sulfide) groups is 1. The number of hydrogen-bond donors (Lipinski definition) is 4. The number of carboxylic acids is 2. The second-order valence-corrected chi connectivity index (χ2v) is 5.06. The number of nitrogens with one attached hydrogen (secondary N) is 1. The Kier molecular flexibility index (Phi) is 8.57. The van der Waals surface area contributed by atoms with Gasteiger partial charge in [0, 0.05) is 18.6 Å². The predicted octanol–water partition coefficient (Wildman–Crippen LogP) is -0.582. The lowest BCUT2D eigenvalue weighted by Crippen LogP contribution is -2.43. The van der Waals surface area contributed by atoms with Gasteiger partial charge in [0.25, 0.3) is 0 Å². The molecule has 2 atom stereocenters. The molecule has 114 valence electrons. The monoisotopic (exact) mass is 306 g/mol. The van der Waals surface area contributed by atoms with E-state index in [9.17, 15) is 19.2 Å². The van der Waals surface area contributed by atoms with E-state index < -0.39 is 29.9 Å². The Hall–Kier alpha value is -1.61. The highest BCUT2D eigenvalue weighted by Crippen LogP contribution is 2.08. The molecule has 0 radical (unpaired) electrons. The van der Waals surface area contributed by atoms with Crippen LogP contribution < -0.4 is 11.1 Å². The summed E-state index contributed by atoms with van der Waals surface area (Å²) >= 11 is 0.831. The first-order valence-corrected chi connectivity index (χ1v) is 6.92. The SMILES string of the molecule is CCC(=O)SC[C@H](NC(=O)CC[C@H](N)C(=O)O)C(=O)O. The molecule has 20 heavy (non-hydrogen) atoms. The fraction of sp³-hybridized carbons (Fsp3) is 0.636. The molecular weight excluding hydrogens is 288 g/mol. The average Bonchev–Trinajstić information content (AvgIpc) is 2.39. The van der Waals surface area contributed by atoms with Crippen LogP contribution in [0.15, 0.2) is 0 Å². The van der Waals surface area contributed by atoms with Gasteiger partial charge < -0.3 is 21.3 Å². The smallest absolute Gasteiger partial charge is 0.327 e. The van der Waals surface area contributed by atoms with Gasteiger partial charge >= 0.3 is 11.9 Å². The van der Waals surface area contributed by atoms with E-state index in [4.69, 9.17) is 15.9 Å². The first-order valence-electron chi connectivity index (χ1n) is 5.94. The minimum absolute atomic E-state index is 0.0707. The molecule has 0 aromatic heterocycles. The Morgan fingerprint density at radius 3 is 2.25 bits per heavy atom. The van der Waals surface area contributed by atoms with Crippen LogP contribution in [0, 0.1) is 0 Å². The van der Waals surface area contributed by atoms with Crippen molar-refractivity contribution in [1.82, 2.24) is 5.32 Å². The second-order valence-electron chi connectivity index (χ2n) is 3.98. The fourth-order valence-electron chi connectivity index (χ4n) is 1.13. The van der Waals surface area contributed by atoms with Crippen molar-refractivity contribution >= 4 is 34.7 Å². The van der Waals surface area contributed by atoms with Gasteiger partial charge in [0.1, 0.15) is 12.1 Å². The topological polar surface area (TPSA) is 147 Å². The molecule has 8 nitrogen and oxygen atoms in total. The van der Waals surface area contributed by atoms with E-state index in [2.05, 4.69) is 5.32 Å². The molecule has 0 unspecified atom stereocenters. The summed E-state index contributed by atoms with van der Waals surface area (Å²) in [5.41, 5.74) is 5.23. The van der Waals surface area contributed by atoms with Gasteiger partial charge in [-0.3, -0.25) is 14.4 Å². The van der Waals surface area contributed by atoms with Crippen LogP contribution in [0.3, 0.4) is 0 Å². The first kappa shape index (κ1) is 18.4. The molecule has 0 heterocycles. The van der Waals surface area contributed by atoms with E-state index in [1.54, 1.807) is 6.92 Å². The summed E-state index contributed by atoms with van der Waals surface area (Å²) in [6, 6.07) is -2.36. The third-order valence-electron chi connectivity index (χ3n) is 2.33. The summed E-state index contributed by atoms with van der Waals surface area (Å²) in [5, 5.41) is 19.5. The number of hydrogen-bond acceptors (Lipinski definition) is 6. The van der Waals surface area contributed by atoms with Crippen molar-refractivity contribution < 1.29 is 29.4 Å². The quantitative estimate of drug-likeness (QED) is 0.442. The molecule has 5 N–H and O–H groups in total. The fourth-order valence-corrected chi connectivity index (χ4v) is 1.91. The van der Waals surface area contributed by atoms with Gasteiger partial charge in [-0.2, -0.15) is 0 Å². The summed E-state index contributed by atoms with van der Waals surface area (Å²) < 4.78 is 0. The van der Waals surface area contributed by atoms with Crippen LogP contribution in [0.4, 0.5) is 0 Å². The third-order valence-corrected chi connectivity index (χ3v) is 3.44. The van der Waals surface area contributed by atoms with Gasteiger partial charge in [0.2, 0.25) is 5.91 Å². The van der Waals surface area contributed by atoms with Crippen LogP contribution in [0.1, 0.15) is 26.2 Å². The van der Waals surface area contributed by atoms with E-state index in [1.807, 2.05) is 0 Å². The van der Waals surface area contributed by atoms with Crippen LogP contribution in [-0.2, 0) is 19.2 Å². The summed E-state index contributed by atoms with van der Waals surface area (Å²) in [4.78, 5) is 44.0. The van der Waals surface area contributed by atoms with Crippen molar-refractivity contribution in [3.8, 4) is 0 Å². The van der Waals surface area contributed by atoms with Crippen molar-refractivity contribution in [2.75, 3.05) is 5.75 Å². The van der Waals surface area contributed by atoms with Crippen molar-refractivity contribution in [3.63, 3.8) is 0 Å². The molecule has 0 aliphatic heterocycles.